The normalized spacial score (nSPS) is 58.9. The molecular weight excluding hydrogens is 398 g/mol. The summed E-state index contributed by atoms with van der Waals surface area (Å²) < 4.78 is 13.4. The third-order valence-electron chi connectivity index (χ3n) is 12.1. The van der Waals surface area contributed by atoms with Crippen molar-refractivity contribution in [3.63, 3.8) is 0 Å². The van der Waals surface area contributed by atoms with Gasteiger partial charge in [-0.05, 0) is 110 Å². The van der Waals surface area contributed by atoms with Crippen molar-refractivity contribution in [1.82, 2.24) is 0 Å². The fraction of sp³-hybridized carbons (Fsp3) is 1.00. The van der Waals surface area contributed by atoms with Gasteiger partial charge >= 0.3 is 0 Å². The van der Waals surface area contributed by atoms with E-state index in [0.717, 1.165) is 49.5 Å². The van der Waals surface area contributed by atoms with E-state index in [1.165, 1.54) is 44.9 Å². The number of azide groups is 1. The topological polar surface area (TPSA) is 67.2 Å². The number of rotatable bonds is 1. The Balaban J connectivity index is 1.23. The minimum atomic E-state index is -0.296. The molecule has 5 heteroatoms. The zero-order valence-electron chi connectivity index (χ0n) is 20.6. The number of hydrogen-bond donors (Lipinski definition) is 0. The number of ether oxygens (including phenoxy) is 2. The van der Waals surface area contributed by atoms with Crippen molar-refractivity contribution in [1.29, 1.82) is 0 Å². The molecule has 4 saturated carbocycles. The van der Waals surface area contributed by atoms with Crippen LogP contribution >= 0.6 is 0 Å². The van der Waals surface area contributed by atoms with E-state index in [0.29, 0.717) is 34.7 Å². The lowest BCUT2D eigenvalue weighted by Crippen LogP contribution is -2.55. The summed E-state index contributed by atoms with van der Waals surface area (Å²) in [6.07, 6.45) is 12.9. The molecule has 0 aromatic rings. The molecular formula is C27H43N3O2. The second kappa shape index (κ2) is 7.36. The molecule has 0 bridgehead atoms. The molecule has 2 aliphatic heterocycles. The SMILES string of the molecule is C[C@H]1CC[C@@]2(OC1)O[C@H]1C[C@H]3[C@@H]4CC[C@@H]5CC(N=[N+]=[N-])CC[C@]5(C)[C@H]4CC[C@]3(C)[C@H]1[C@@H]2C. The van der Waals surface area contributed by atoms with Gasteiger partial charge < -0.3 is 9.47 Å². The van der Waals surface area contributed by atoms with Gasteiger partial charge in [-0.15, -0.1) is 0 Å². The van der Waals surface area contributed by atoms with Crippen LogP contribution in [0, 0.1) is 52.3 Å². The fourth-order valence-corrected chi connectivity index (χ4v) is 10.4. The van der Waals surface area contributed by atoms with Gasteiger partial charge in [0.05, 0.1) is 12.7 Å². The van der Waals surface area contributed by atoms with E-state index < -0.39 is 0 Å². The number of hydrogen-bond acceptors (Lipinski definition) is 3. The maximum absolute atomic E-state index is 8.94. The summed E-state index contributed by atoms with van der Waals surface area (Å²) in [6.45, 7) is 10.9. The molecule has 2 saturated heterocycles. The van der Waals surface area contributed by atoms with Crippen LogP contribution < -0.4 is 0 Å². The van der Waals surface area contributed by atoms with Crippen molar-refractivity contribution in [2.24, 2.45) is 57.4 Å². The van der Waals surface area contributed by atoms with Crippen LogP contribution in [0.3, 0.4) is 0 Å². The Kier molecular flexibility index (Phi) is 5.00. The summed E-state index contributed by atoms with van der Waals surface area (Å²) in [5.41, 5.74) is 9.79. The molecule has 0 N–H and O–H groups in total. The second-order valence-electron chi connectivity index (χ2n) is 13.3. The van der Waals surface area contributed by atoms with Crippen molar-refractivity contribution in [2.45, 2.75) is 110 Å². The molecule has 0 amide bonds. The lowest BCUT2D eigenvalue weighted by Gasteiger charge is -2.61. The van der Waals surface area contributed by atoms with Crippen LogP contribution in [0.5, 0.6) is 0 Å². The van der Waals surface area contributed by atoms with E-state index in [9.17, 15) is 0 Å². The molecule has 5 nitrogen and oxygen atoms in total. The Morgan fingerprint density at radius 2 is 1.72 bits per heavy atom. The fourth-order valence-electron chi connectivity index (χ4n) is 10.4. The molecule has 0 radical (unpaired) electrons. The van der Waals surface area contributed by atoms with Gasteiger partial charge in [0.25, 0.3) is 0 Å². The van der Waals surface area contributed by atoms with E-state index in [2.05, 4.69) is 37.7 Å². The standard InChI is InChI=1S/C27H43N3O2/c1-16-7-12-27(31-15-16)17(2)24-23(32-27)14-22-20-6-5-18-13-19(29-30-28)8-10-25(18,3)21(20)9-11-26(22,24)4/h16-24H,5-15H2,1-4H3/t16-,17-,18+,19?,20+,21-,22-,23-,24-,25-,26-,27+/m0/s1. The highest BCUT2D eigenvalue weighted by Crippen LogP contribution is 2.71. The van der Waals surface area contributed by atoms with E-state index in [-0.39, 0.29) is 11.8 Å². The summed E-state index contributed by atoms with van der Waals surface area (Å²) in [4.78, 5) is 3.13. The summed E-state index contributed by atoms with van der Waals surface area (Å²) in [6, 6.07) is 0.234. The second-order valence-corrected chi connectivity index (χ2v) is 13.3. The Hall–Kier alpha value is -0.770. The number of nitrogens with zero attached hydrogens (tertiary/aromatic N) is 3. The molecule has 12 atom stereocenters. The molecule has 0 aromatic carbocycles. The van der Waals surface area contributed by atoms with Crippen LogP contribution in [-0.4, -0.2) is 24.5 Å². The molecule has 2 heterocycles. The minimum Gasteiger partial charge on any atom is -0.349 e. The van der Waals surface area contributed by atoms with Crippen LogP contribution in [-0.2, 0) is 9.47 Å². The predicted octanol–water partition coefficient (Wildman–Crippen LogP) is 7.11. The van der Waals surface area contributed by atoms with Crippen molar-refractivity contribution in [3.8, 4) is 0 Å². The van der Waals surface area contributed by atoms with Gasteiger partial charge in [0, 0.05) is 23.3 Å². The van der Waals surface area contributed by atoms with Gasteiger partial charge in [-0.25, -0.2) is 0 Å². The Morgan fingerprint density at radius 1 is 0.906 bits per heavy atom. The first kappa shape index (κ1) is 21.7. The highest BCUT2D eigenvalue weighted by molar-refractivity contribution is 5.15. The van der Waals surface area contributed by atoms with Crippen LogP contribution in [0.4, 0.5) is 0 Å². The van der Waals surface area contributed by atoms with E-state index in [1.54, 1.807) is 0 Å². The molecule has 1 spiro atoms. The Labute approximate surface area is 194 Å². The summed E-state index contributed by atoms with van der Waals surface area (Å²) in [5, 5.41) is 4.12. The van der Waals surface area contributed by atoms with E-state index in [4.69, 9.17) is 15.0 Å². The van der Waals surface area contributed by atoms with Crippen molar-refractivity contribution in [3.05, 3.63) is 10.4 Å². The monoisotopic (exact) mass is 441 g/mol. The van der Waals surface area contributed by atoms with Gasteiger partial charge in [0.15, 0.2) is 5.79 Å². The molecule has 6 rings (SSSR count). The van der Waals surface area contributed by atoms with E-state index >= 15 is 0 Å². The van der Waals surface area contributed by atoms with Crippen LogP contribution in [0.25, 0.3) is 10.4 Å². The quantitative estimate of drug-likeness (QED) is 0.247. The highest BCUT2D eigenvalue weighted by Gasteiger charge is 2.69. The first-order valence-electron chi connectivity index (χ1n) is 13.7. The van der Waals surface area contributed by atoms with Crippen molar-refractivity contribution < 1.29 is 9.47 Å². The zero-order chi connectivity index (χ0) is 22.3. The predicted molar refractivity (Wildman–Crippen MR) is 125 cm³/mol. The summed E-state index contributed by atoms with van der Waals surface area (Å²) >= 11 is 0. The molecule has 32 heavy (non-hydrogen) atoms. The minimum absolute atomic E-state index is 0.234. The van der Waals surface area contributed by atoms with Crippen LogP contribution in [0.15, 0.2) is 5.11 Å². The van der Waals surface area contributed by atoms with Crippen molar-refractivity contribution >= 4 is 0 Å². The van der Waals surface area contributed by atoms with Gasteiger partial charge in [-0.1, -0.05) is 32.8 Å². The maximum atomic E-state index is 8.94. The largest absolute Gasteiger partial charge is 0.349 e. The first-order chi connectivity index (χ1) is 15.3. The average molecular weight is 442 g/mol. The molecule has 0 aromatic heterocycles. The Bertz CT molecular complexity index is 803. The van der Waals surface area contributed by atoms with Gasteiger partial charge in [0.2, 0.25) is 0 Å². The molecule has 4 aliphatic carbocycles. The smallest absolute Gasteiger partial charge is 0.171 e. The average Bonchev–Trinajstić information content (AvgIpc) is 3.21. The van der Waals surface area contributed by atoms with Gasteiger partial charge in [-0.2, -0.15) is 0 Å². The third kappa shape index (κ3) is 2.86. The molecule has 178 valence electrons. The highest BCUT2D eigenvalue weighted by atomic mass is 16.7. The summed E-state index contributed by atoms with van der Waals surface area (Å²) in [5.74, 6) is 4.81. The molecule has 6 aliphatic rings. The van der Waals surface area contributed by atoms with E-state index in [1.807, 2.05) is 0 Å². The van der Waals surface area contributed by atoms with Gasteiger partial charge in [0.1, 0.15) is 0 Å². The van der Waals surface area contributed by atoms with Gasteiger partial charge in [-0.3, -0.25) is 0 Å². The zero-order valence-corrected chi connectivity index (χ0v) is 20.6. The maximum Gasteiger partial charge on any atom is 0.171 e. The first-order valence-corrected chi connectivity index (χ1v) is 13.7. The lowest BCUT2D eigenvalue weighted by molar-refractivity contribution is -0.273. The van der Waals surface area contributed by atoms with Crippen LogP contribution in [0.2, 0.25) is 0 Å². The Morgan fingerprint density at radius 3 is 2.47 bits per heavy atom. The number of fused-ring (bicyclic) bond motifs is 7. The summed E-state index contributed by atoms with van der Waals surface area (Å²) in [7, 11) is 0. The molecule has 1 unspecified atom stereocenters. The van der Waals surface area contributed by atoms with Crippen molar-refractivity contribution in [2.75, 3.05) is 6.61 Å². The molecule has 6 fully saturated rings. The van der Waals surface area contributed by atoms with Crippen LogP contribution in [0.1, 0.15) is 91.9 Å². The lowest BCUT2D eigenvalue weighted by atomic mass is 9.44. The third-order valence-corrected chi connectivity index (χ3v) is 12.1.